The lowest BCUT2D eigenvalue weighted by atomic mass is 9.86. The summed E-state index contributed by atoms with van der Waals surface area (Å²) < 4.78 is 5.98. The lowest BCUT2D eigenvalue weighted by Gasteiger charge is -2.39. The zero-order valence-corrected chi connectivity index (χ0v) is 19.4. The van der Waals surface area contributed by atoms with Crippen molar-refractivity contribution in [1.29, 1.82) is 0 Å². The van der Waals surface area contributed by atoms with Gasteiger partial charge in [0.2, 0.25) is 5.91 Å². The maximum absolute atomic E-state index is 13.5. The van der Waals surface area contributed by atoms with Crippen molar-refractivity contribution in [2.24, 2.45) is 5.92 Å². The lowest BCUT2D eigenvalue weighted by Crippen LogP contribution is -2.43. The average molecular weight is 435 g/mol. The molecule has 2 amide bonds. The maximum atomic E-state index is 13.5. The van der Waals surface area contributed by atoms with E-state index in [4.69, 9.17) is 4.74 Å². The van der Waals surface area contributed by atoms with E-state index in [2.05, 4.69) is 47.5 Å². The van der Waals surface area contributed by atoms with E-state index < -0.39 is 6.10 Å². The van der Waals surface area contributed by atoms with Gasteiger partial charge in [0.1, 0.15) is 5.75 Å². The van der Waals surface area contributed by atoms with Gasteiger partial charge in [-0.3, -0.25) is 9.59 Å². The number of carbonyl (C=O) groups excluding carboxylic acids is 2. The molecule has 2 atom stereocenters. The summed E-state index contributed by atoms with van der Waals surface area (Å²) in [5.41, 5.74) is 4.67. The summed E-state index contributed by atoms with van der Waals surface area (Å²) in [6.45, 7) is 7.04. The van der Waals surface area contributed by atoms with Crippen LogP contribution in [0.3, 0.4) is 0 Å². The van der Waals surface area contributed by atoms with Gasteiger partial charge in [0, 0.05) is 19.0 Å². The molecular weight excluding hydrogens is 400 g/mol. The second-order valence-corrected chi connectivity index (χ2v) is 9.09. The largest absolute Gasteiger partial charge is 0.481 e. The average Bonchev–Trinajstić information content (AvgIpc) is 3.33. The van der Waals surface area contributed by atoms with Gasteiger partial charge in [0.25, 0.3) is 5.91 Å². The second kappa shape index (κ2) is 9.76. The molecule has 32 heavy (non-hydrogen) atoms. The Balaban J connectivity index is 1.69. The molecule has 0 unspecified atom stereocenters. The zero-order chi connectivity index (χ0) is 22.7. The topological polar surface area (TPSA) is 58.6 Å². The molecule has 0 saturated heterocycles. The van der Waals surface area contributed by atoms with E-state index in [-0.39, 0.29) is 23.8 Å². The van der Waals surface area contributed by atoms with Gasteiger partial charge in [-0.1, -0.05) is 48.7 Å². The van der Waals surface area contributed by atoms with Gasteiger partial charge in [0.05, 0.1) is 6.04 Å². The molecular formula is C27H34N2O3. The van der Waals surface area contributed by atoms with Crippen LogP contribution < -0.4 is 10.1 Å². The Kier molecular flexibility index (Phi) is 6.83. The van der Waals surface area contributed by atoms with E-state index in [1.807, 2.05) is 19.1 Å². The first-order chi connectivity index (χ1) is 15.5. The number of carbonyl (C=O) groups is 2. The number of fused-ring (bicyclic) bond motifs is 1. The van der Waals surface area contributed by atoms with E-state index >= 15 is 0 Å². The molecule has 1 N–H and O–H groups in total. The SMILES string of the molecule is CCNC(=O)[C@@H](C)Oc1ccc2c(c1)[C@H](c1ccc(C)cc1)N(C(=O)C1CCCC1)CC2. The number of hydrogen-bond acceptors (Lipinski definition) is 3. The molecule has 1 aliphatic carbocycles. The third kappa shape index (κ3) is 4.67. The van der Waals surface area contributed by atoms with Gasteiger partial charge in [-0.25, -0.2) is 0 Å². The van der Waals surface area contributed by atoms with E-state index in [0.29, 0.717) is 12.3 Å². The first-order valence-electron chi connectivity index (χ1n) is 11.9. The molecule has 4 rings (SSSR count). The van der Waals surface area contributed by atoms with Crippen LogP contribution in [0.25, 0.3) is 0 Å². The molecule has 1 saturated carbocycles. The molecule has 1 fully saturated rings. The number of amides is 2. The van der Waals surface area contributed by atoms with Crippen LogP contribution in [0.5, 0.6) is 5.75 Å². The Bertz CT molecular complexity index is 963. The van der Waals surface area contributed by atoms with E-state index in [0.717, 1.165) is 49.8 Å². The van der Waals surface area contributed by atoms with Crippen LogP contribution in [0.2, 0.25) is 0 Å². The highest BCUT2D eigenvalue weighted by atomic mass is 16.5. The van der Waals surface area contributed by atoms with Crippen molar-refractivity contribution in [3.63, 3.8) is 0 Å². The Morgan fingerprint density at radius 1 is 1.12 bits per heavy atom. The Morgan fingerprint density at radius 3 is 2.53 bits per heavy atom. The van der Waals surface area contributed by atoms with Crippen molar-refractivity contribution in [1.82, 2.24) is 10.2 Å². The van der Waals surface area contributed by atoms with Gasteiger partial charge in [-0.05, 0) is 68.9 Å². The van der Waals surface area contributed by atoms with Gasteiger partial charge < -0.3 is 15.0 Å². The summed E-state index contributed by atoms with van der Waals surface area (Å²) in [6, 6.07) is 14.4. The molecule has 0 aromatic heterocycles. The van der Waals surface area contributed by atoms with Crippen molar-refractivity contribution < 1.29 is 14.3 Å². The first kappa shape index (κ1) is 22.4. The van der Waals surface area contributed by atoms with Crippen LogP contribution in [0.4, 0.5) is 0 Å². The molecule has 170 valence electrons. The fraction of sp³-hybridized carbons (Fsp3) is 0.481. The molecule has 1 aliphatic heterocycles. The number of rotatable bonds is 6. The predicted molar refractivity (Wildman–Crippen MR) is 126 cm³/mol. The first-order valence-corrected chi connectivity index (χ1v) is 11.9. The number of nitrogens with zero attached hydrogens (tertiary/aromatic N) is 1. The Hall–Kier alpha value is -2.82. The van der Waals surface area contributed by atoms with Gasteiger partial charge in [-0.15, -0.1) is 0 Å². The molecule has 0 bridgehead atoms. The number of likely N-dealkylation sites (N-methyl/N-ethyl adjacent to an activating group) is 1. The van der Waals surface area contributed by atoms with Crippen molar-refractivity contribution in [2.75, 3.05) is 13.1 Å². The number of benzene rings is 2. The summed E-state index contributed by atoms with van der Waals surface area (Å²) in [5, 5.41) is 2.80. The highest BCUT2D eigenvalue weighted by molar-refractivity contribution is 5.81. The number of nitrogens with one attached hydrogen (secondary N) is 1. The van der Waals surface area contributed by atoms with Crippen LogP contribution in [0, 0.1) is 12.8 Å². The molecule has 2 aliphatic rings. The standard InChI is InChI=1S/C27H34N2O3/c1-4-28-26(30)19(3)32-23-14-13-20-15-16-29(27(31)22-7-5-6-8-22)25(24(20)17-23)21-11-9-18(2)10-12-21/h9-14,17,19,22,25H,4-8,15-16H2,1-3H3,(H,28,30)/t19-,25+/m1/s1. The van der Waals surface area contributed by atoms with E-state index in [9.17, 15) is 9.59 Å². The molecule has 5 heteroatoms. The van der Waals surface area contributed by atoms with Gasteiger partial charge in [0.15, 0.2) is 6.10 Å². The van der Waals surface area contributed by atoms with E-state index in [1.54, 1.807) is 6.92 Å². The summed E-state index contributed by atoms with van der Waals surface area (Å²) in [5.74, 6) is 0.954. The lowest BCUT2D eigenvalue weighted by molar-refractivity contribution is -0.137. The molecule has 2 aromatic carbocycles. The normalized spacial score (nSPS) is 19.3. The summed E-state index contributed by atoms with van der Waals surface area (Å²) in [4.78, 5) is 27.8. The smallest absolute Gasteiger partial charge is 0.260 e. The quantitative estimate of drug-likeness (QED) is 0.725. The van der Waals surface area contributed by atoms with Gasteiger partial charge in [-0.2, -0.15) is 0 Å². The van der Waals surface area contributed by atoms with Crippen LogP contribution in [-0.2, 0) is 16.0 Å². The molecule has 2 aromatic rings. The fourth-order valence-corrected chi connectivity index (χ4v) is 4.99. The number of ether oxygens (including phenoxy) is 1. The Labute approximate surface area is 191 Å². The van der Waals surface area contributed by atoms with Crippen LogP contribution >= 0.6 is 0 Å². The maximum Gasteiger partial charge on any atom is 0.260 e. The number of aryl methyl sites for hydroxylation is 1. The third-order valence-electron chi connectivity index (χ3n) is 6.76. The third-order valence-corrected chi connectivity index (χ3v) is 6.76. The van der Waals surface area contributed by atoms with E-state index in [1.165, 1.54) is 11.1 Å². The van der Waals surface area contributed by atoms with Crippen molar-refractivity contribution in [3.05, 3.63) is 64.7 Å². The van der Waals surface area contributed by atoms with Crippen molar-refractivity contribution in [2.45, 2.75) is 65.0 Å². The highest BCUT2D eigenvalue weighted by Crippen LogP contribution is 2.39. The summed E-state index contributed by atoms with van der Waals surface area (Å²) in [6.07, 6.45) is 4.54. The van der Waals surface area contributed by atoms with Crippen LogP contribution in [0.1, 0.15) is 67.8 Å². The Morgan fingerprint density at radius 2 is 1.84 bits per heavy atom. The van der Waals surface area contributed by atoms with Crippen LogP contribution in [-0.4, -0.2) is 35.9 Å². The minimum absolute atomic E-state index is 0.127. The summed E-state index contributed by atoms with van der Waals surface area (Å²) in [7, 11) is 0. The molecule has 5 nitrogen and oxygen atoms in total. The van der Waals surface area contributed by atoms with Crippen LogP contribution in [0.15, 0.2) is 42.5 Å². The molecule has 1 heterocycles. The highest BCUT2D eigenvalue weighted by Gasteiger charge is 2.36. The number of hydrogen-bond donors (Lipinski definition) is 1. The predicted octanol–water partition coefficient (Wildman–Crippen LogP) is 4.56. The second-order valence-electron chi connectivity index (χ2n) is 9.09. The van der Waals surface area contributed by atoms with Crippen molar-refractivity contribution >= 4 is 11.8 Å². The van der Waals surface area contributed by atoms with Crippen molar-refractivity contribution in [3.8, 4) is 5.75 Å². The molecule has 0 spiro atoms. The monoisotopic (exact) mass is 434 g/mol. The minimum Gasteiger partial charge on any atom is -0.481 e. The summed E-state index contributed by atoms with van der Waals surface area (Å²) >= 11 is 0. The molecule has 0 radical (unpaired) electrons. The minimum atomic E-state index is -0.578. The van der Waals surface area contributed by atoms with Gasteiger partial charge >= 0.3 is 0 Å². The zero-order valence-electron chi connectivity index (χ0n) is 19.4. The fourth-order valence-electron chi connectivity index (χ4n) is 4.99.